The van der Waals surface area contributed by atoms with Crippen molar-refractivity contribution in [3.05, 3.63) is 24.3 Å². The molecule has 2 rings (SSSR count). The van der Waals surface area contributed by atoms with E-state index in [9.17, 15) is 8.42 Å². The molecule has 2 aromatic rings. The average Bonchev–Trinajstić information content (AvgIpc) is 2.86. The fourth-order valence-corrected chi connectivity index (χ4v) is 3.25. The fourth-order valence-electron chi connectivity index (χ4n) is 1.90. The zero-order chi connectivity index (χ0) is 14.0. The van der Waals surface area contributed by atoms with E-state index in [1.165, 1.54) is 10.9 Å². The molecule has 0 aliphatic rings. The van der Waals surface area contributed by atoms with Gasteiger partial charge in [0.2, 0.25) is 0 Å². The minimum absolute atomic E-state index is 0.151. The highest BCUT2D eigenvalue weighted by atomic mass is 32.2. The molecule has 19 heavy (non-hydrogen) atoms. The molecule has 0 atom stereocenters. The van der Waals surface area contributed by atoms with Gasteiger partial charge in [-0.05, 0) is 13.3 Å². The van der Waals surface area contributed by atoms with Crippen LogP contribution in [0, 0.1) is 6.92 Å². The summed E-state index contributed by atoms with van der Waals surface area (Å²) in [6, 6.07) is 0. The van der Waals surface area contributed by atoms with Crippen LogP contribution in [-0.2, 0) is 23.6 Å². The topological polar surface area (TPSA) is 81.8 Å². The molecule has 0 aromatic carbocycles. The molecule has 0 unspecified atom stereocenters. The van der Waals surface area contributed by atoms with Gasteiger partial charge in [0.25, 0.3) is 10.0 Å². The van der Waals surface area contributed by atoms with E-state index in [0.29, 0.717) is 11.4 Å². The van der Waals surface area contributed by atoms with Crippen LogP contribution >= 0.6 is 0 Å². The van der Waals surface area contributed by atoms with E-state index in [0.717, 1.165) is 13.0 Å². The monoisotopic (exact) mass is 283 g/mol. The quantitative estimate of drug-likeness (QED) is 0.892. The van der Waals surface area contributed by atoms with E-state index in [-0.39, 0.29) is 5.03 Å². The molecule has 2 heterocycles. The summed E-state index contributed by atoms with van der Waals surface area (Å²) in [5, 5.41) is 4.08. The number of imidazole rings is 1. The molecule has 2 aromatic heterocycles. The summed E-state index contributed by atoms with van der Waals surface area (Å²) in [6.07, 6.45) is 5.76. The predicted molar refractivity (Wildman–Crippen MR) is 71.3 cm³/mol. The van der Waals surface area contributed by atoms with Gasteiger partial charge in [-0.25, -0.2) is 4.98 Å². The van der Waals surface area contributed by atoms with Gasteiger partial charge in [0.15, 0.2) is 10.8 Å². The lowest BCUT2D eigenvalue weighted by Gasteiger charge is -2.06. The maximum atomic E-state index is 12.3. The lowest BCUT2D eigenvalue weighted by atomic mass is 10.4. The first-order valence-electron chi connectivity index (χ1n) is 5.97. The molecule has 0 aliphatic heterocycles. The maximum absolute atomic E-state index is 12.3. The third-order valence-electron chi connectivity index (χ3n) is 2.66. The van der Waals surface area contributed by atoms with Crippen molar-refractivity contribution in [3.63, 3.8) is 0 Å². The Morgan fingerprint density at radius 1 is 1.42 bits per heavy atom. The number of hydrogen-bond donors (Lipinski definition) is 1. The van der Waals surface area contributed by atoms with Gasteiger partial charge in [0.1, 0.15) is 0 Å². The smallest absolute Gasteiger partial charge is 0.280 e. The highest BCUT2D eigenvalue weighted by molar-refractivity contribution is 7.92. The van der Waals surface area contributed by atoms with Gasteiger partial charge in [0, 0.05) is 25.4 Å². The molecule has 0 spiro atoms. The third-order valence-corrected chi connectivity index (χ3v) is 4.24. The molecule has 0 saturated heterocycles. The van der Waals surface area contributed by atoms with Crippen molar-refractivity contribution in [1.29, 1.82) is 0 Å². The van der Waals surface area contributed by atoms with E-state index in [1.807, 2.05) is 11.5 Å². The van der Waals surface area contributed by atoms with Crippen LogP contribution in [0.2, 0.25) is 0 Å². The van der Waals surface area contributed by atoms with Crippen LogP contribution in [0.25, 0.3) is 0 Å². The van der Waals surface area contributed by atoms with Crippen LogP contribution in [-0.4, -0.2) is 27.7 Å². The minimum atomic E-state index is -3.66. The van der Waals surface area contributed by atoms with Crippen molar-refractivity contribution >= 4 is 15.8 Å². The van der Waals surface area contributed by atoms with E-state index >= 15 is 0 Å². The Morgan fingerprint density at radius 2 is 2.16 bits per heavy atom. The lowest BCUT2D eigenvalue weighted by Crippen LogP contribution is -2.17. The van der Waals surface area contributed by atoms with Gasteiger partial charge in [0.05, 0.1) is 12.5 Å². The molecule has 0 bridgehead atoms. The van der Waals surface area contributed by atoms with Gasteiger partial charge in [-0.1, -0.05) is 6.92 Å². The second-order valence-electron chi connectivity index (χ2n) is 4.36. The molecule has 104 valence electrons. The average molecular weight is 283 g/mol. The first-order chi connectivity index (χ1) is 8.94. The molecule has 7 nitrogen and oxygen atoms in total. The normalized spacial score (nSPS) is 11.7. The number of hydrogen-bond acceptors (Lipinski definition) is 4. The number of nitrogens with one attached hydrogen (secondary N) is 1. The van der Waals surface area contributed by atoms with E-state index in [4.69, 9.17) is 0 Å². The SMILES string of the molecule is CCCn1cnc(NS(=O)(=O)c2c(C)cnn2C)c1. The fraction of sp³-hybridized carbons (Fsp3) is 0.455. The van der Waals surface area contributed by atoms with E-state index in [1.54, 1.807) is 26.5 Å². The number of sulfonamides is 1. The van der Waals surface area contributed by atoms with Gasteiger partial charge in [-0.3, -0.25) is 9.40 Å². The molecule has 0 saturated carbocycles. The maximum Gasteiger partial charge on any atom is 0.280 e. The van der Waals surface area contributed by atoms with Crippen LogP contribution in [0.15, 0.2) is 23.7 Å². The Bertz CT molecular complexity index is 652. The summed E-state index contributed by atoms with van der Waals surface area (Å²) in [5.41, 5.74) is 0.600. The van der Waals surface area contributed by atoms with Gasteiger partial charge in [-0.2, -0.15) is 13.5 Å². The number of nitrogens with zero attached hydrogens (tertiary/aromatic N) is 4. The zero-order valence-corrected chi connectivity index (χ0v) is 12.0. The van der Waals surface area contributed by atoms with Crippen molar-refractivity contribution in [3.8, 4) is 0 Å². The Labute approximate surface area is 112 Å². The molecular formula is C11H17N5O2S. The van der Waals surface area contributed by atoms with Gasteiger partial charge in [-0.15, -0.1) is 0 Å². The number of aromatic nitrogens is 4. The lowest BCUT2D eigenvalue weighted by molar-refractivity contribution is 0.580. The summed E-state index contributed by atoms with van der Waals surface area (Å²) in [4.78, 5) is 4.03. The number of anilines is 1. The summed E-state index contributed by atoms with van der Waals surface area (Å²) in [5.74, 6) is 0.314. The number of rotatable bonds is 5. The summed E-state index contributed by atoms with van der Waals surface area (Å²) in [7, 11) is -2.06. The van der Waals surface area contributed by atoms with Crippen molar-refractivity contribution in [2.75, 3.05) is 4.72 Å². The molecule has 0 fully saturated rings. The molecule has 0 radical (unpaired) electrons. The Kier molecular flexibility index (Phi) is 3.61. The summed E-state index contributed by atoms with van der Waals surface area (Å²) < 4.78 is 30.1. The van der Waals surface area contributed by atoms with Crippen molar-refractivity contribution in [2.45, 2.75) is 31.8 Å². The van der Waals surface area contributed by atoms with Crippen molar-refractivity contribution in [2.24, 2.45) is 7.05 Å². The second-order valence-corrected chi connectivity index (χ2v) is 5.96. The van der Waals surface area contributed by atoms with Crippen LogP contribution in [0.3, 0.4) is 0 Å². The highest BCUT2D eigenvalue weighted by Crippen LogP contribution is 2.17. The standard InChI is InChI=1S/C11H17N5O2S/c1-4-5-16-7-10(12-8-16)14-19(17,18)11-9(2)6-13-15(11)3/h6-8,14H,4-5H2,1-3H3. The van der Waals surface area contributed by atoms with Crippen LogP contribution < -0.4 is 4.72 Å². The van der Waals surface area contributed by atoms with Crippen LogP contribution in [0.4, 0.5) is 5.82 Å². The molecular weight excluding hydrogens is 266 g/mol. The van der Waals surface area contributed by atoms with Crippen LogP contribution in [0.5, 0.6) is 0 Å². The molecule has 8 heteroatoms. The Balaban J connectivity index is 2.26. The largest absolute Gasteiger partial charge is 0.335 e. The van der Waals surface area contributed by atoms with Crippen molar-refractivity contribution < 1.29 is 8.42 Å². The van der Waals surface area contributed by atoms with Crippen molar-refractivity contribution in [1.82, 2.24) is 19.3 Å². The predicted octanol–water partition coefficient (Wildman–Crippen LogP) is 1.14. The third kappa shape index (κ3) is 2.78. The van der Waals surface area contributed by atoms with E-state index in [2.05, 4.69) is 14.8 Å². The van der Waals surface area contributed by atoms with Crippen LogP contribution in [0.1, 0.15) is 18.9 Å². The first-order valence-corrected chi connectivity index (χ1v) is 7.45. The Morgan fingerprint density at radius 3 is 2.74 bits per heavy atom. The highest BCUT2D eigenvalue weighted by Gasteiger charge is 2.22. The Hall–Kier alpha value is -1.83. The summed E-state index contributed by atoms with van der Waals surface area (Å²) >= 11 is 0. The number of aryl methyl sites for hydroxylation is 3. The molecule has 0 aliphatic carbocycles. The minimum Gasteiger partial charge on any atom is -0.335 e. The van der Waals surface area contributed by atoms with E-state index < -0.39 is 10.0 Å². The van der Waals surface area contributed by atoms with Gasteiger partial charge >= 0.3 is 0 Å². The molecule has 0 amide bonds. The van der Waals surface area contributed by atoms with Gasteiger partial charge < -0.3 is 4.57 Å². The molecule has 1 N–H and O–H groups in total. The first kappa shape index (κ1) is 13.6. The summed E-state index contributed by atoms with van der Waals surface area (Å²) in [6.45, 7) is 4.56. The zero-order valence-electron chi connectivity index (χ0n) is 11.2. The second kappa shape index (κ2) is 5.04.